The van der Waals surface area contributed by atoms with Gasteiger partial charge in [0.05, 0.1) is 0 Å². The first-order valence-electron chi connectivity index (χ1n) is 7.35. The van der Waals surface area contributed by atoms with Crippen molar-refractivity contribution in [3.05, 3.63) is 59.2 Å². The summed E-state index contributed by atoms with van der Waals surface area (Å²) in [5.74, 6) is 1.94. The summed E-state index contributed by atoms with van der Waals surface area (Å²) >= 11 is 0. The normalized spacial score (nSPS) is 29.0. The van der Waals surface area contributed by atoms with E-state index in [4.69, 9.17) is 0 Å². The van der Waals surface area contributed by atoms with Crippen molar-refractivity contribution in [2.24, 2.45) is 17.8 Å². The van der Waals surface area contributed by atoms with Crippen molar-refractivity contribution >= 4 is 11.6 Å². The number of hydrogen-bond donors (Lipinski definition) is 0. The first-order valence-corrected chi connectivity index (χ1v) is 7.35. The lowest BCUT2D eigenvalue weighted by Gasteiger charge is -2.24. The second kappa shape index (κ2) is 4.85. The molecule has 19 heavy (non-hydrogen) atoms. The van der Waals surface area contributed by atoms with Crippen LogP contribution in [-0.4, -0.2) is 0 Å². The maximum Gasteiger partial charge on any atom is -0.0149 e. The number of rotatable bonds is 1. The van der Waals surface area contributed by atoms with Crippen LogP contribution in [-0.2, 0) is 6.42 Å². The van der Waals surface area contributed by atoms with Crippen LogP contribution in [0.3, 0.4) is 0 Å². The van der Waals surface area contributed by atoms with Gasteiger partial charge in [-0.2, -0.15) is 0 Å². The van der Waals surface area contributed by atoms with Crippen molar-refractivity contribution in [3.63, 3.8) is 0 Å². The van der Waals surface area contributed by atoms with Gasteiger partial charge in [0.1, 0.15) is 0 Å². The lowest BCUT2D eigenvalue weighted by atomic mass is 9.81. The van der Waals surface area contributed by atoms with Gasteiger partial charge in [-0.15, -0.1) is 0 Å². The van der Waals surface area contributed by atoms with E-state index in [1.165, 1.54) is 22.3 Å². The summed E-state index contributed by atoms with van der Waals surface area (Å²) < 4.78 is 0. The fourth-order valence-corrected chi connectivity index (χ4v) is 3.02. The van der Waals surface area contributed by atoms with E-state index in [9.17, 15) is 0 Å². The van der Waals surface area contributed by atoms with Gasteiger partial charge >= 0.3 is 0 Å². The SMILES string of the molecule is CC1C=Cc2cccc(C3=CC(C)C(C)C=C3)c2C1. The summed E-state index contributed by atoms with van der Waals surface area (Å²) in [5, 5.41) is 0. The van der Waals surface area contributed by atoms with Gasteiger partial charge in [0.15, 0.2) is 0 Å². The van der Waals surface area contributed by atoms with Gasteiger partial charge in [-0.1, -0.05) is 69.4 Å². The molecule has 0 N–H and O–H groups in total. The van der Waals surface area contributed by atoms with Crippen molar-refractivity contribution in [2.75, 3.05) is 0 Å². The minimum atomic E-state index is 0.632. The topological polar surface area (TPSA) is 0 Å². The molecule has 0 aromatic heterocycles. The Labute approximate surface area is 116 Å². The quantitative estimate of drug-likeness (QED) is 0.649. The largest absolute Gasteiger partial charge is 0.0808 e. The molecule has 3 unspecified atom stereocenters. The molecule has 1 aromatic rings. The highest BCUT2D eigenvalue weighted by molar-refractivity contribution is 5.80. The molecule has 0 amide bonds. The Kier molecular flexibility index (Phi) is 3.18. The zero-order chi connectivity index (χ0) is 13.4. The predicted molar refractivity (Wildman–Crippen MR) is 83.8 cm³/mol. The molecule has 3 rings (SSSR count). The van der Waals surface area contributed by atoms with E-state index in [2.05, 4.69) is 69.4 Å². The Morgan fingerprint density at radius 1 is 0.947 bits per heavy atom. The molecule has 0 heteroatoms. The van der Waals surface area contributed by atoms with Crippen molar-refractivity contribution in [1.82, 2.24) is 0 Å². The van der Waals surface area contributed by atoms with Crippen molar-refractivity contribution in [1.29, 1.82) is 0 Å². The summed E-state index contributed by atoms with van der Waals surface area (Å²) in [7, 11) is 0. The van der Waals surface area contributed by atoms with E-state index >= 15 is 0 Å². The molecule has 98 valence electrons. The van der Waals surface area contributed by atoms with Gasteiger partial charge in [0.25, 0.3) is 0 Å². The molecule has 0 nitrogen and oxygen atoms in total. The molecule has 0 saturated carbocycles. The Bertz CT molecular complexity index is 572. The van der Waals surface area contributed by atoms with Crippen molar-refractivity contribution < 1.29 is 0 Å². The average Bonchev–Trinajstić information content (AvgIpc) is 2.41. The van der Waals surface area contributed by atoms with Crippen LogP contribution in [0.25, 0.3) is 11.6 Å². The number of hydrogen-bond acceptors (Lipinski definition) is 0. The van der Waals surface area contributed by atoms with Crippen LogP contribution in [0.1, 0.15) is 37.5 Å². The number of fused-ring (bicyclic) bond motifs is 1. The van der Waals surface area contributed by atoms with Gasteiger partial charge < -0.3 is 0 Å². The fourth-order valence-electron chi connectivity index (χ4n) is 3.02. The van der Waals surface area contributed by atoms with Gasteiger partial charge in [-0.25, -0.2) is 0 Å². The van der Waals surface area contributed by atoms with Crippen LogP contribution < -0.4 is 0 Å². The maximum atomic E-state index is 2.43. The van der Waals surface area contributed by atoms with Gasteiger partial charge in [0.2, 0.25) is 0 Å². The van der Waals surface area contributed by atoms with Crippen LogP contribution in [0.2, 0.25) is 0 Å². The third-order valence-electron chi connectivity index (χ3n) is 4.50. The lowest BCUT2D eigenvalue weighted by Crippen LogP contribution is -2.10. The monoisotopic (exact) mass is 250 g/mol. The fraction of sp³-hybridized carbons (Fsp3) is 0.368. The minimum absolute atomic E-state index is 0.632. The maximum absolute atomic E-state index is 2.43. The molecule has 1 aromatic carbocycles. The van der Waals surface area contributed by atoms with Crippen molar-refractivity contribution in [3.8, 4) is 0 Å². The highest BCUT2D eigenvalue weighted by Gasteiger charge is 2.18. The zero-order valence-electron chi connectivity index (χ0n) is 12.1. The van der Waals surface area contributed by atoms with Gasteiger partial charge in [-0.05, 0) is 46.4 Å². The first kappa shape index (κ1) is 12.5. The lowest BCUT2D eigenvalue weighted by molar-refractivity contribution is 0.554. The van der Waals surface area contributed by atoms with E-state index in [-0.39, 0.29) is 0 Å². The van der Waals surface area contributed by atoms with Crippen LogP contribution >= 0.6 is 0 Å². The molecule has 0 aliphatic heterocycles. The highest BCUT2D eigenvalue weighted by atomic mass is 14.2. The smallest absolute Gasteiger partial charge is 0.0149 e. The molecule has 0 saturated heterocycles. The first-order chi connectivity index (χ1) is 9.15. The summed E-state index contributed by atoms with van der Waals surface area (Å²) in [6.07, 6.45) is 12.9. The molecule has 2 aliphatic rings. The van der Waals surface area contributed by atoms with Gasteiger partial charge in [-0.3, -0.25) is 0 Å². The second-order valence-corrected chi connectivity index (χ2v) is 6.11. The highest BCUT2D eigenvalue weighted by Crippen LogP contribution is 2.34. The third kappa shape index (κ3) is 2.32. The Morgan fingerprint density at radius 3 is 2.58 bits per heavy atom. The molecule has 0 spiro atoms. The Balaban J connectivity index is 2.06. The summed E-state index contributed by atoms with van der Waals surface area (Å²) in [6.45, 7) is 6.90. The van der Waals surface area contributed by atoms with E-state index in [1.54, 1.807) is 0 Å². The van der Waals surface area contributed by atoms with Crippen LogP contribution in [0.15, 0.2) is 42.5 Å². The van der Waals surface area contributed by atoms with E-state index in [0.29, 0.717) is 17.8 Å². The van der Waals surface area contributed by atoms with E-state index in [1.807, 2.05) is 0 Å². The molecule has 0 heterocycles. The third-order valence-corrected chi connectivity index (χ3v) is 4.50. The standard InChI is InChI=1S/C19H22/c1-13-7-9-16-5-4-6-18(19(16)11-13)17-10-8-14(2)15(3)12-17/h4-10,12-15H,11H2,1-3H3. The zero-order valence-corrected chi connectivity index (χ0v) is 12.1. The van der Waals surface area contributed by atoms with E-state index < -0.39 is 0 Å². The summed E-state index contributed by atoms with van der Waals surface area (Å²) in [5.41, 5.74) is 5.76. The predicted octanol–water partition coefficient (Wildman–Crippen LogP) is 5.12. The van der Waals surface area contributed by atoms with Crippen molar-refractivity contribution in [2.45, 2.75) is 27.2 Å². The Morgan fingerprint density at radius 2 is 1.79 bits per heavy atom. The second-order valence-electron chi connectivity index (χ2n) is 6.11. The minimum Gasteiger partial charge on any atom is -0.0808 e. The number of benzene rings is 1. The number of allylic oxidation sites excluding steroid dienone is 5. The van der Waals surface area contributed by atoms with Crippen LogP contribution in [0, 0.1) is 17.8 Å². The average molecular weight is 250 g/mol. The molecule has 2 aliphatic carbocycles. The van der Waals surface area contributed by atoms with E-state index in [0.717, 1.165) is 6.42 Å². The summed E-state index contributed by atoms with van der Waals surface area (Å²) in [4.78, 5) is 0. The van der Waals surface area contributed by atoms with Crippen LogP contribution in [0.5, 0.6) is 0 Å². The molecule has 0 fully saturated rings. The summed E-state index contributed by atoms with van der Waals surface area (Å²) in [6, 6.07) is 6.70. The molecule has 3 atom stereocenters. The molecule has 0 bridgehead atoms. The molecular weight excluding hydrogens is 228 g/mol. The van der Waals surface area contributed by atoms with Gasteiger partial charge in [0, 0.05) is 0 Å². The van der Waals surface area contributed by atoms with Crippen LogP contribution in [0.4, 0.5) is 0 Å². The molecule has 0 radical (unpaired) electrons. The molecular formula is C19H22. The Hall–Kier alpha value is -1.56.